The van der Waals surface area contributed by atoms with E-state index in [1.54, 1.807) is 16.9 Å². The third kappa shape index (κ3) is 3.12. The first-order valence-corrected chi connectivity index (χ1v) is 8.16. The average molecular weight is 358 g/mol. The number of benzene rings is 2. The highest BCUT2D eigenvalue weighted by atomic mass is 16.3. The lowest BCUT2D eigenvalue weighted by Gasteiger charge is -2.10. The Bertz CT molecular complexity index is 1150. The number of furan rings is 1. The number of nitrogens with one attached hydrogen (secondary N) is 1. The maximum Gasteiger partial charge on any atom is 0.252 e. The standard InChI is InChI=1S/C20H14N4O3/c21-10-17(14-11-22-24(12-14)15-4-2-1-3-5-15)23-20(26)13-8-18(25)16-6-7-27-19(16)9-13/h1-9,11-12,17,25H,(H,23,26). The van der Waals surface area contributed by atoms with Gasteiger partial charge in [0, 0.05) is 17.3 Å². The third-order valence-corrected chi connectivity index (χ3v) is 4.17. The molecule has 2 heterocycles. The predicted molar refractivity (Wildman–Crippen MR) is 97.3 cm³/mol. The van der Waals surface area contributed by atoms with E-state index in [-0.39, 0.29) is 11.3 Å². The maximum atomic E-state index is 12.5. The molecule has 1 unspecified atom stereocenters. The van der Waals surface area contributed by atoms with Crippen LogP contribution in [0.1, 0.15) is 22.0 Å². The van der Waals surface area contributed by atoms with E-state index in [2.05, 4.69) is 16.5 Å². The molecule has 2 aromatic heterocycles. The number of amides is 1. The van der Waals surface area contributed by atoms with E-state index in [9.17, 15) is 15.2 Å². The SMILES string of the molecule is N#CC(NC(=O)c1cc(O)c2ccoc2c1)c1cnn(-c2ccccc2)c1. The first-order chi connectivity index (χ1) is 13.2. The Morgan fingerprint density at radius 3 is 2.85 bits per heavy atom. The van der Waals surface area contributed by atoms with Crippen LogP contribution in [0, 0.1) is 11.3 Å². The van der Waals surface area contributed by atoms with Gasteiger partial charge in [0.25, 0.3) is 5.91 Å². The van der Waals surface area contributed by atoms with Gasteiger partial charge in [0.15, 0.2) is 0 Å². The molecule has 27 heavy (non-hydrogen) atoms. The van der Waals surface area contributed by atoms with Gasteiger partial charge in [-0.15, -0.1) is 0 Å². The van der Waals surface area contributed by atoms with Crippen molar-refractivity contribution in [2.45, 2.75) is 6.04 Å². The van der Waals surface area contributed by atoms with Crippen LogP contribution in [0.4, 0.5) is 0 Å². The number of nitrogens with zero attached hydrogens (tertiary/aromatic N) is 3. The largest absolute Gasteiger partial charge is 0.507 e. The van der Waals surface area contributed by atoms with Crippen molar-refractivity contribution in [2.75, 3.05) is 0 Å². The molecule has 132 valence electrons. The molecule has 0 bridgehead atoms. The summed E-state index contributed by atoms with van der Waals surface area (Å²) < 4.78 is 6.87. The van der Waals surface area contributed by atoms with Crippen molar-refractivity contribution in [1.29, 1.82) is 5.26 Å². The van der Waals surface area contributed by atoms with E-state index in [0.29, 0.717) is 16.5 Å². The van der Waals surface area contributed by atoms with Crippen LogP contribution in [0.15, 0.2) is 71.6 Å². The number of aromatic hydroxyl groups is 1. The Hall–Kier alpha value is -4.05. The van der Waals surface area contributed by atoms with Crippen molar-refractivity contribution in [3.63, 3.8) is 0 Å². The van der Waals surface area contributed by atoms with Crippen molar-refractivity contribution in [1.82, 2.24) is 15.1 Å². The number of hydrogen-bond donors (Lipinski definition) is 2. The number of aromatic nitrogens is 2. The Balaban J connectivity index is 1.57. The van der Waals surface area contributed by atoms with Gasteiger partial charge in [-0.1, -0.05) is 18.2 Å². The van der Waals surface area contributed by atoms with Crippen molar-refractivity contribution >= 4 is 16.9 Å². The van der Waals surface area contributed by atoms with E-state index in [1.807, 2.05) is 30.3 Å². The fraction of sp³-hybridized carbons (Fsp3) is 0.0500. The number of fused-ring (bicyclic) bond motifs is 1. The van der Waals surface area contributed by atoms with Gasteiger partial charge in [-0.05, 0) is 30.3 Å². The van der Waals surface area contributed by atoms with Crippen LogP contribution in [0.5, 0.6) is 5.75 Å². The molecule has 7 nitrogen and oxygen atoms in total. The van der Waals surface area contributed by atoms with Gasteiger partial charge in [0.1, 0.15) is 17.4 Å². The zero-order valence-electron chi connectivity index (χ0n) is 14.0. The summed E-state index contributed by atoms with van der Waals surface area (Å²) in [5.41, 5.74) is 1.99. The lowest BCUT2D eigenvalue weighted by molar-refractivity contribution is 0.0945. The predicted octanol–water partition coefficient (Wildman–Crippen LogP) is 3.32. The molecule has 1 atom stereocenters. The zero-order valence-corrected chi connectivity index (χ0v) is 14.0. The quantitative estimate of drug-likeness (QED) is 0.582. The van der Waals surface area contributed by atoms with Gasteiger partial charge in [-0.3, -0.25) is 4.79 Å². The maximum absolute atomic E-state index is 12.5. The second kappa shape index (κ2) is 6.69. The molecule has 0 saturated carbocycles. The molecule has 0 fully saturated rings. The number of phenols is 1. The molecule has 2 aromatic carbocycles. The minimum atomic E-state index is -0.885. The Kier molecular flexibility index (Phi) is 4.07. The van der Waals surface area contributed by atoms with E-state index in [4.69, 9.17) is 4.42 Å². The molecule has 0 aliphatic rings. The molecule has 2 N–H and O–H groups in total. The third-order valence-electron chi connectivity index (χ3n) is 4.17. The number of para-hydroxylation sites is 1. The molecule has 0 saturated heterocycles. The van der Waals surface area contributed by atoms with E-state index >= 15 is 0 Å². The minimum Gasteiger partial charge on any atom is -0.507 e. The molecule has 7 heteroatoms. The molecule has 0 aliphatic heterocycles. The van der Waals surface area contributed by atoms with Gasteiger partial charge >= 0.3 is 0 Å². The number of carbonyl (C=O) groups excluding carboxylic acids is 1. The van der Waals surface area contributed by atoms with Crippen molar-refractivity contribution in [3.8, 4) is 17.5 Å². The molecule has 0 radical (unpaired) electrons. The lowest BCUT2D eigenvalue weighted by atomic mass is 10.1. The summed E-state index contributed by atoms with van der Waals surface area (Å²) >= 11 is 0. The summed E-state index contributed by atoms with van der Waals surface area (Å²) in [5, 5.41) is 26.9. The summed E-state index contributed by atoms with van der Waals surface area (Å²) in [6.07, 6.45) is 4.66. The topological polar surface area (TPSA) is 104 Å². The summed E-state index contributed by atoms with van der Waals surface area (Å²) in [5.74, 6) is -0.556. The zero-order chi connectivity index (χ0) is 18.8. The van der Waals surface area contributed by atoms with Crippen LogP contribution < -0.4 is 5.32 Å². The van der Waals surface area contributed by atoms with Crippen LogP contribution in [-0.2, 0) is 0 Å². The van der Waals surface area contributed by atoms with Crippen LogP contribution >= 0.6 is 0 Å². The lowest BCUT2D eigenvalue weighted by Crippen LogP contribution is -2.27. The van der Waals surface area contributed by atoms with E-state index in [0.717, 1.165) is 5.69 Å². The van der Waals surface area contributed by atoms with Crippen LogP contribution in [0.2, 0.25) is 0 Å². The molecular weight excluding hydrogens is 344 g/mol. The van der Waals surface area contributed by atoms with Gasteiger partial charge in [0.2, 0.25) is 0 Å². The second-order valence-corrected chi connectivity index (χ2v) is 5.92. The Labute approximate surface area is 154 Å². The van der Waals surface area contributed by atoms with Crippen molar-refractivity contribution in [3.05, 3.63) is 78.3 Å². The van der Waals surface area contributed by atoms with Crippen LogP contribution in [0.3, 0.4) is 0 Å². The summed E-state index contributed by atoms with van der Waals surface area (Å²) in [7, 11) is 0. The normalized spacial score (nSPS) is 11.8. The number of nitriles is 1. The fourth-order valence-electron chi connectivity index (χ4n) is 2.80. The molecule has 1 amide bonds. The highest BCUT2D eigenvalue weighted by Gasteiger charge is 2.19. The smallest absolute Gasteiger partial charge is 0.252 e. The Morgan fingerprint density at radius 2 is 2.07 bits per heavy atom. The molecule has 4 aromatic rings. The second-order valence-electron chi connectivity index (χ2n) is 5.92. The first-order valence-electron chi connectivity index (χ1n) is 8.16. The summed E-state index contributed by atoms with van der Waals surface area (Å²) in [6, 6.07) is 15.1. The highest BCUT2D eigenvalue weighted by molar-refractivity contribution is 5.99. The summed E-state index contributed by atoms with van der Waals surface area (Å²) in [6.45, 7) is 0. The van der Waals surface area contributed by atoms with Gasteiger partial charge < -0.3 is 14.8 Å². The number of carbonyl (C=O) groups is 1. The van der Waals surface area contributed by atoms with E-state index in [1.165, 1.54) is 24.6 Å². The first kappa shape index (κ1) is 16.4. The number of hydrogen-bond acceptors (Lipinski definition) is 5. The fourth-order valence-corrected chi connectivity index (χ4v) is 2.80. The molecule has 0 spiro atoms. The van der Waals surface area contributed by atoms with Gasteiger partial charge in [0.05, 0.1) is 29.6 Å². The van der Waals surface area contributed by atoms with Crippen LogP contribution in [-0.4, -0.2) is 20.8 Å². The molecule has 0 aliphatic carbocycles. The Morgan fingerprint density at radius 1 is 1.26 bits per heavy atom. The number of phenolic OH excluding ortho intramolecular Hbond substituents is 1. The van der Waals surface area contributed by atoms with Gasteiger partial charge in [-0.2, -0.15) is 10.4 Å². The van der Waals surface area contributed by atoms with Crippen molar-refractivity contribution < 1.29 is 14.3 Å². The molecular formula is C20H14N4O3. The monoisotopic (exact) mass is 358 g/mol. The van der Waals surface area contributed by atoms with E-state index < -0.39 is 11.9 Å². The highest BCUT2D eigenvalue weighted by Crippen LogP contribution is 2.27. The average Bonchev–Trinajstić information content (AvgIpc) is 3.36. The summed E-state index contributed by atoms with van der Waals surface area (Å²) in [4.78, 5) is 12.5. The number of rotatable bonds is 4. The minimum absolute atomic E-state index is 0.0585. The van der Waals surface area contributed by atoms with Gasteiger partial charge in [-0.25, -0.2) is 4.68 Å². The molecule has 4 rings (SSSR count). The van der Waals surface area contributed by atoms with Crippen molar-refractivity contribution in [2.24, 2.45) is 0 Å². The van der Waals surface area contributed by atoms with Crippen LogP contribution in [0.25, 0.3) is 16.7 Å².